The van der Waals surface area contributed by atoms with Gasteiger partial charge in [0.2, 0.25) is 0 Å². The molecule has 0 N–H and O–H groups in total. The first kappa shape index (κ1) is 9.66. The van der Waals surface area contributed by atoms with Crippen molar-refractivity contribution in [1.82, 2.24) is 0 Å². The Hall–Kier alpha value is -0.890. The normalized spacial score (nSPS) is 13.1. The second-order valence-corrected chi connectivity index (χ2v) is 4.67. The molecular weight excluding hydrogens is 243 g/mol. The second kappa shape index (κ2) is 3.70. The van der Waals surface area contributed by atoms with Crippen LogP contribution < -0.4 is 0 Å². The summed E-state index contributed by atoms with van der Waals surface area (Å²) in [6.07, 6.45) is 0. The fourth-order valence-corrected chi connectivity index (χ4v) is 2.04. The van der Waals surface area contributed by atoms with Crippen LogP contribution in [-0.4, -0.2) is 0 Å². The van der Waals surface area contributed by atoms with Crippen LogP contribution in [0.4, 0.5) is 4.39 Å². The summed E-state index contributed by atoms with van der Waals surface area (Å²) >= 11 is 3.47. The maximum Gasteiger partial charge on any atom is 0.131 e. The summed E-state index contributed by atoms with van der Waals surface area (Å²) < 4.78 is 13.6. The van der Waals surface area contributed by atoms with Crippen LogP contribution in [-0.2, 0) is 0 Å². The van der Waals surface area contributed by atoms with Crippen LogP contribution in [0.25, 0.3) is 10.8 Å². The van der Waals surface area contributed by atoms with Crippen molar-refractivity contribution in [3.63, 3.8) is 0 Å². The summed E-state index contributed by atoms with van der Waals surface area (Å²) in [4.78, 5) is 0.170. The van der Waals surface area contributed by atoms with Crippen LogP contribution in [0.3, 0.4) is 0 Å². The zero-order valence-electron chi connectivity index (χ0n) is 7.80. The summed E-state index contributed by atoms with van der Waals surface area (Å²) in [7, 11) is 0. The van der Waals surface area contributed by atoms with E-state index >= 15 is 0 Å². The number of hydrogen-bond donors (Lipinski definition) is 0. The molecule has 0 amide bonds. The molecule has 2 aromatic rings. The molecule has 1 atom stereocenters. The van der Waals surface area contributed by atoms with Gasteiger partial charge in [0, 0.05) is 10.2 Å². The lowest BCUT2D eigenvalue weighted by atomic mass is 10.0. The van der Waals surface area contributed by atoms with E-state index in [-0.39, 0.29) is 10.6 Å². The largest absolute Gasteiger partial charge is 0.206 e. The number of benzene rings is 2. The Kier molecular flexibility index (Phi) is 2.55. The molecule has 2 heteroatoms. The fraction of sp³-hybridized carbons (Fsp3) is 0.167. The summed E-state index contributed by atoms with van der Waals surface area (Å²) in [5, 5.41) is 1.67. The molecule has 0 saturated heterocycles. The highest BCUT2D eigenvalue weighted by atomic mass is 79.9. The minimum atomic E-state index is -0.149. The molecule has 0 aliphatic rings. The average molecular weight is 253 g/mol. The maximum atomic E-state index is 13.6. The van der Waals surface area contributed by atoms with Gasteiger partial charge in [-0.15, -0.1) is 0 Å². The van der Waals surface area contributed by atoms with E-state index in [9.17, 15) is 4.39 Å². The van der Waals surface area contributed by atoms with Gasteiger partial charge in [-0.2, -0.15) is 0 Å². The standard InChI is InChI=1S/C12H10BrF/c1-8(13)10-6-2-4-9-5-3-7-11(14)12(9)10/h2-8H,1H3. The predicted octanol–water partition coefficient (Wildman–Crippen LogP) is 4.43. The van der Waals surface area contributed by atoms with E-state index in [1.165, 1.54) is 6.07 Å². The van der Waals surface area contributed by atoms with Crippen molar-refractivity contribution < 1.29 is 4.39 Å². The van der Waals surface area contributed by atoms with Crippen molar-refractivity contribution in [1.29, 1.82) is 0 Å². The van der Waals surface area contributed by atoms with Crippen LogP contribution in [0.5, 0.6) is 0 Å². The predicted molar refractivity (Wildman–Crippen MR) is 61.2 cm³/mol. The van der Waals surface area contributed by atoms with Crippen molar-refractivity contribution in [2.45, 2.75) is 11.8 Å². The smallest absolute Gasteiger partial charge is 0.131 e. The van der Waals surface area contributed by atoms with Gasteiger partial charge in [-0.3, -0.25) is 0 Å². The zero-order valence-corrected chi connectivity index (χ0v) is 9.38. The Balaban J connectivity index is 2.84. The molecule has 0 aliphatic heterocycles. The lowest BCUT2D eigenvalue weighted by Gasteiger charge is -2.08. The van der Waals surface area contributed by atoms with E-state index in [0.717, 1.165) is 16.3 Å². The van der Waals surface area contributed by atoms with Gasteiger partial charge in [-0.1, -0.05) is 46.3 Å². The SMILES string of the molecule is CC(Br)c1cccc2cccc(F)c12. The summed E-state index contributed by atoms with van der Waals surface area (Å²) in [6.45, 7) is 2.00. The first-order valence-corrected chi connectivity index (χ1v) is 5.43. The van der Waals surface area contributed by atoms with Gasteiger partial charge < -0.3 is 0 Å². The molecule has 0 nitrogen and oxygen atoms in total. The third kappa shape index (κ3) is 1.55. The molecule has 0 radical (unpaired) electrons. The molecule has 2 rings (SSSR count). The highest BCUT2D eigenvalue weighted by Gasteiger charge is 2.09. The number of alkyl halides is 1. The van der Waals surface area contributed by atoms with Gasteiger partial charge in [0.1, 0.15) is 5.82 Å². The van der Waals surface area contributed by atoms with Crippen molar-refractivity contribution >= 4 is 26.7 Å². The number of halogens is 2. The van der Waals surface area contributed by atoms with E-state index in [2.05, 4.69) is 15.9 Å². The monoisotopic (exact) mass is 252 g/mol. The molecule has 14 heavy (non-hydrogen) atoms. The first-order valence-electron chi connectivity index (χ1n) is 4.51. The average Bonchev–Trinajstić information content (AvgIpc) is 2.17. The van der Waals surface area contributed by atoms with Crippen molar-refractivity contribution in [2.24, 2.45) is 0 Å². The van der Waals surface area contributed by atoms with Gasteiger partial charge in [-0.25, -0.2) is 4.39 Å². The Bertz CT molecular complexity index is 458. The molecule has 0 spiro atoms. The van der Waals surface area contributed by atoms with Gasteiger partial charge >= 0.3 is 0 Å². The highest BCUT2D eigenvalue weighted by Crippen LogP contribution is 2.30. The molecule has 0 aliphatic carbocycles. The Morgan fingerprint density at radius 3 is 2.43 bits per heavy atom. The number of hydrogen-bond acceptors (Lipinski definition) is 0. The van der Waals surface area contributed by atoms with Crippen LogP contribution in [0.1, 0.15) is 17.3 Å². The Labute approximate surface area is 90.9 Å². The lowest BCUT2D eigenvalue weighted by Crippen LogP contribution is -1.89. The summed E-state index contributed by atoms with van der Waals surface area (Å²) in [5.74, 6) is -0.149. The fourth-order valence-electron chi connectivity index (χ4n) is 1.65. The maximum absolute atomic E-state index is 13.6. The highest BCUT2D eigenvalue weighted by molar-refractivity contribution is 9.09. The van der Waals surface area contributed by atoms with Gasteiger partial charge in [-0.05, 0) is 23.9 Å². The minimum Gasteiger partial charge on any atom is -0.206 e. The summed E-state index contributed by atoms with van der Waals surface area (Å²) in [5.41, 5.74) is 1.00. The molecule has 2 aromatic carbocycles. The molecule has 0 saturated carbocycles. The minimum absolute atomic E-state index is 0.149. The van der Waals surface area contributed by atoms with Crippen LogP contribution in [0, 0.1) is 5.82 Å². The molecule has 0 fully saturated rings. The van der Waals surface area contributed by atoms with E-state index in [1.807, 2.05) is 31.2 Å². The van der Waals surface area contributed by atoms with Gasteiger partial charge in [0.15, 0.2) is 0 Å². The second-order valence-electron chi connectivity index (χ2n) is 3.30. The van der Waals surface area contributed by atoms with Crippen molar-refractivity contribution in [2.75, 3.05) is 0 Å². The van der Waals surface area contributed by atoms with Crippen LogP contribution in [0.15, 0.2) is 36.4 Å². The zero-order chi connectivity index (χ0) is 10.1. The van der Waals surface area contributed by atoms with E-state index in [4.69, 9.17) is 0 Å². The van der Waals surface area contributed by atoms with Gasteiger partial charge in [0.05, 0.1) is 0 Å². The van der Waals surface area contributed by atoms with E-state index in [1.54, 1.807) is 6.07 Å². The topological polar surface area (TPSA) is 0 Å². The third-order valence-corrected chi connectivity index (χ3v) is 2.81. The molecule has 1 unspecified atom stereocenters. The Morgan fingerprint density at radius 2 is 1.79 bits per heavy atom. The van der Waals surface area contributed by atoms with Crippen molar-refractivity contribution in [3.05, 3.63) is 47.8 Å². The molecule has 0 heterocycles. The van der Waals surface area contributed by atoms with Crippen LogP contribution >= 0.6 is 15.9 Å². The van der Waals surface area contributed by atoms with Crippen molar-refractivity contribution in [3.8, 4) is 0 Å². The number of rotatable bonds is 1. The Morgan fingerprint density at radius 1 is 1.14 bits per heavy atom. The van der Waals surface area contributed by atoms with Crippen LogP contribution in [0.2, 0.25) is 0 Å². The number of fused-ring (bicyclic) bond motifs is 1. The molecule has 72 valence electrons. The molecular formula is C12H10BrF. The third-order valence-electron chi connectivity index (χ3n) is 2.31. The molecule has 0 bridgehead atoms. The summed E-state index contributed by atoms with van der Waals surface area (Å²) in [6, 6.07) is 11.0. The van der Waals surface area contributed by atoms with E-state index < -0.39 is 0 Å². The van der Waals surface area contributed by atoms with Gasteiger partial charge in [0.25, 0.3) is 0 Å². The quantitative estimate of drug-likeness (QED) is 0.659. The molecule has 0 aromatic heterocycles. The van der Waals surface area contributed by atoms with E-state index in [0.29, 0.717) is 0 Å². The first-order chi connectivity index (χ1) is 6.70. The lowest BCUT2D eigenvalue weighted by molar-refractivity contribution is 0.639.